The van der Waals surface area contributed by atoms with E-state index in [0.717, 1.165) is 18.4 Å². The number of anilines is 1. The third-order valence-electron chi connectivity index (χ3n) is 5.11. The number of rotatable bonds is 7. The molecule has 0 unspecified atom stereocenters. The Bertz CT molecular complexity index is 759. The Balaban J connectivity index is 1.60. The van der Waals surface area contributed by atoms with Gasteiger partial charge in [0.1, 0.15) is 11.6 Å². The van der Waals surface area contributed by atoms with E-state index in [2.05, 4.69) is 0 Å². The van der Waals surface area contributed by atoms with Gasteiger partial charge in [-0.15, -0.1) is 0 Å². The summed E-state index contributed by atoms with van der Waals surface area (Å²) in [6.07, 6.45) is 2.23. The minimum absolute atomic E-state index is 0.0223. The number of benzene rings is 2. The summed E-state index contributed by atoms with van der Waals surface area (Å²) in [6.45, 7) is 1.96. The van der Waals surface area contributed by atoms with Crippen molar-refractivity contribution in [2.24, 2.45) is 0 Å². The average molecular weight is 374 g/mol. The lowest BCUT2D eigenvalue weighted by Crippen LogP contribution is -2.47. The molecule has 2 aromatic carbocycles. The molecule has 2 aromatic rings. The average Bonchev–Trinajstić information content (AvgIpc) is 2.67. The van der Waals surface area contributed by atoms with Crippen LogP contribution in [0.5, 0.6) is 0 Å². The van der Waals surface area contributed by atoms with E-state index < -0.39 is 5.97 Å². The summed E-state index contributed by atoms with van der Waals surface area (Å²) in [4.78, 5) is 15.3. The van der Waals surface area contributed by atoms with Crippen LogP contribution in [0.25, 0.3) is 0 Å². The Kier molecular flexibility index (Phi) is 6.40. The SMILES string of the molecule is O=C(O)CN(CCc1ccc(F)cc1)C1CCN(c2ccccc2F)CC1. The highest BCUT2D eigenvalue weighted by atomic mass is 19.1. The van der Waals surface area contributed by atoms with Crippen molar-refractivity contribution in [3.05, 3.63) is 65.7 Å². The summed E-state index contributed by atoms with van der Waals surface area (Å²) in [5.41, 5.74) is 1.59. The molecule has 0 spiro atoms. The van der Waals surface area contributed by atoms with Crippen molar-refractivity contribution in [3.8, 4) is 0 Å². The molecule has 3 rings (SSSR count). The zero-order valence-electron chi connectivity index (χ0n) is 15.2. The molecule has 1 heterocycles. The topological polar surface area (TPSA) is 43.8 Å². The van der Waals surface area contributed by atoms with Gasteiger partial charge in [-0.2, -0.15) is 0 Å². The summed E-state index contributed by atoms with van der Waals surface area (Å²) in [6, 6.07) is 13.2. The molecule has 1 aliphatic rings. The van der Waals surface area contributed by atoms with Crippen LogP contribution in [0.2, 0.25) is 0 Å². The van der Waals surface area contributed by atoms with Crippen molar-refractivity contribution >= 4 is 11.7 Å². The van der Waals surface area contributed by atoms with Crippen LogP contribution in [0.3, 0.4) is 0 Å². The predicted octanol–water partition coefficient (Wildman–Crippen LogP) is 3.56. The molecule has 0 radical (unpaired) electrons. The highest BCUT2D eigenvalue weighted by molar-refractivity contribution is 5.69. The van der Waals surface area contributed by atoms with Gasteiger partial charge in [0.15, 0.2) is 0 Å². The highest BCUT2D eigenvalue weighted by Gasteiger charge is 2.26. The van der Waals surface area contributed by atoms with E-state index in [1.54, 1.807) is 24.3 Å². The first kappa shape index (κ1) is 19.3. The van der Waals surface area contributed by atoms with Crippen molar-refractivity contribution in [1.29, 1.82) is 0 Å². The van der Waals surface area contributed by atoms with E-state index in [9.17, 15) is 18.7 Å². The van der Waals surface area contributed by atoms with Gasteiger partial charge in [-0.1, -0.05) is 24.3 Å². The maximum absolute atomic E-state index is 14.0. The van der Waals surface area contributed by atoms with Crippen LogP contribution in [-0.2, 0) is 11.2 Å². The van der Waals surface area contributed by atoms with E-state index in [1.165, 1.54) is 18.2 Å². The van der Waals surface area contributed by atoms with Gasteiger partial charge in [0, 0.05) is 25.7 Å². The van der Waals surface area contributed by atoms with Gasteiger partial charge < -0.3 is 10.0 Å². The smallest absolute Gasteiger partial charge is 0.317 e. The Morgan fingerprint density at radius 3 is 2.37 bits per heavy atom. The zero-order chi connectivity index (χ0) is 19.2. The molecule has 27 heavy (non-hydrogen) atoms. The van der Waals surface area contributed by atoms with Crippen molar-refractivity contribution in [2.45, 2.75) is 25.3 Å². The van der Waals surface area contributed by atoms with Crippen LogP contribution in [0.1, 0.15) is 18.4 Å². The van der Waals surface area contributed by atoms with Crippen LogP contribution in [0.15, 0.2) is 48.5 Å². The number of carboxylic acids is 1. The van der Waals surface area contributed by atoms with E-state index in [4.69, 9.17) is 0 Å². The van der Waals surface area contributed by atoms with E-state index in [-0.39, 0.29) is 24.2 Å². The molecule has 1 aliphatic heterocycles. The molecule has 0 saturated carbocycles. The molecular formula is C21H24F2N2O2. The first-order chi connectivity index (χ1) is 13.0. The summed E-state index contributed by atoms with van der Waals surface area (Å²) in [5.74, 6) is -1.36. The minimum Gasteiger partial charge on any atom is -0.480 e. The highest BCUT2D eigenvalue weighted by Crippen LogP contribution is 2.25. The van der Waals surface area contributed by atoms with Gasteiger partial charge in [0.2, 0.25) is 0 Å². The number of aliphatic carboxylic acids is 1. The number of carboxylic acid groups (broad SMARTS) is 1. The molecule has 0 aliphatic carbocycles. The number of nitrogens with zero attached hydrogens (tertiary/aromatic N) is 2. The van der Waals surface area contributed by atoms with Crippen LogP contribution in [0.4, 0.5) is 14.5 Å². The summed E-state index contributed by atoms with van der Waals surface area (Å²) in [7, 11) is 0. The minimum atomic E-state index is -0.856. The van der Waals surface area contributed by atoms with Gasteiger partial charge >= 0.3 is 5.97 Å². The van der Waals surface area contributed by atoms with Crippen LogP contribution >= 0.6 is 0 Å². The molecule has 6 heteroatoms. The van der Waals surface area contributed by atoms with Crippen LogP contribution in [-0.4, -0.2) is 48.2 Å². The van der Waals surface area contributed by atoms with Gasteiger partial charge in [0.05, 0.1) is 12.2 Å². The summed E-state index contributed by atoms with van der Waals surface area (Å²) in [5, 5.41) is 9.26. The quantitative estimate of drug-likeness (QED) is 0.805. The second kappa shape index (κ2) is 8.95. The first-order valence-corrected chi connectivity index (χ1v) is 9.22. The second-order valence-corrected chi connectivity index (χ2v) is 6.91. The molecule has 1 fully saturated rings. The van der Waals surface area contributed by atoms with Gasteiger partial charge in [-0.05, 0) is 49.1 Å². The Morgan fingerprint density at radius 1 is 1.07 bits per heavy atom. The summed E-state index contributed by atoms with van der Waals surface area (Å²) < 4.78 is 27.0. The standard InChI is InChI=1S/C21H24F2N2O2/c22-17-7-5-16(6-8-17)9-12-25(15-21(26)27)18-10-13-24(14-11-18)20-4-2-1-3-19(20)23/h1-8,18H,9-15H2,(H,26,27). The largest absolute Gasteiger partial charge is 0.480 e. The third kappa shape index (κ3) is 5.26. The van der Waals surface area contributed by atoms with Gasteiger partial charge in [0.25, 0.3) is 0 Å². The molecule has 4 nitrogen and oxygen atoms in total. The lowest BCUT2D eigenvalue weighted by molar-refractivity contribution is -0.139. The lowest BCUT2D eigenvalue weighted by atomic mass is 10.0. The number of piperidine rings is 1. The van der Waals surface area contributed by atoms with E-state index >= 15 is 0 Å². The molecule has 1 N–H and O–H groups in total. The summed E-state index contributed by atoms with van der Waals surface area (Å²) >= 11 is 0. The molecule has 0 atom stereocenters. The van der Waals surface area contributed by atoms with Crippen molar-refractivity contribution in [1.82, 2.24) is 4.90 Å². The Hall–Kier alpha value is -2.47. The molecule has 0 amide bonds. The van der Waals surface area contributed by atoms with Crippen molar-refractivity contribution in [2.75, 3.05) is 31.1 Å². The predicted molar refractivity (Wildman–Crippen MR) is 101 cm³/mol. The number of hydrogen-bond donors (Lipinski definition) is 1. The van der Waals surface area contributed by atoms with Gasteiger partial charge in [-0.25, -0.2) is 8.78 Å². The first-order valence-electron chi connectivity index (χ1n) is 9.22. The fourth-order valence-electron chi connectivity index (χ4n) is 3.67. The molecule has 1 saturated heterocycles. The van der Waals surface area contributed by atoms with Crippen LogP contribution < -0.4 is 4.90 Å². The number of para-hydroxylation sites is 1. The number of hydrogen-bond acceptors (Lipinski definition) is 3. The number of halogens is 2. The second-order valence-electron chi connectivity index (χ2n) is 6.91. The van der Waals surface area contributed by atoms with Crippen molar-refractivity contribution in [3.63, 3.8) is 0 Å². The van der Waals surface area contributed by atoms with Crippen LogP contribution in [0, 0.1) is 11.6 Å². The Morgan fingerprint density at radius 2 is 1.74 bits per heavy atom. The lowest BCUT2D eigenvalue weighted by Gasteiger charge is -2.39. The maximum atomic E-state index is 14.0. The fourth-order valence-corrected chi connectivity index (χ4v) is 3.67. The fraction of sp³-hybridized carbons (Fsp3) is 0.381. The van der Waals surface area contributed by atoms with Crippen molar-refractivity contribution < 1.29 is 18.7 Å². The Labute approximate surface area is 158 Å². The third-order valence-corrected chi connectivity index (χ3v) is 5.11. The number of carbonyl (C=O) groups is 1. The van der Waals surface area contributed by atoms with E-state index in [1.807, 2.05) is 15.9 Å². The van der Waals surface area contributed by atoms with E-state index in [0.29, 0.717) is 31.7 Å². The molecular weight excluding hydrogens is 350 g/mol. The van der Waals surface area contributed by atoms with Gasteiger partial charge in [-0.3, -0.25) is 9.69 Å². The zero-order valence-corrected chi connectivity index (χ0v) is 15.2. The molecule has 0 bridgehead atoms. The molecule has 144 valence electrons. The normalized spacial score (nSPS) is 15.3. The monoisotopic (exact) mass is 374 g/mol. The molecule has 0 aromatic heterocycles. The maximum Gasteiger partial charge on any atom is 0.317 e.